The van der Waals surface area contributed by atoms with Gasteiger partial charge in [-0.3, -0.25) is 9.59 Å². The first kappa shape index (κ1) is 20.9. The fraction of sp³-hybridized carbons (Fsp3) is 0.889. The van der Waals surface area contributed by atoms with E-state index in [1.54, 1.807) is 0 Å². The molecule has 0 fully saturated rings. The number of hydrogen-bond donors (Lipinski definition) is 0. The maximum absolute atomic E-state index is 12.8. The summed E-state index contributed by atoms with van der Waals surface area (Å²) in [6.45, 7) is 10.8. The number of ether oxygens (including phenoxy) is 2. The number of esters is 2. The molecule has 4 nitrogen and oxygen atoms in total. The van der Waals surface area contributed by atoms with Crippen molar-refractivity contribution in [1.82, 2.24) is 0 Å². The molecule has 0 rings (SSSR count). The van der Waals surface area contributed by atoms with Crippen LogP contribution < -0.4 is 0 Å². The van der Waals surface area contributed by atoms with E-state index in [2.05, 4.69) is 0 Å². The molecule has 4 heteroatoms. The lowest BCUT2D eigenvalue weighted by Crippen LogP contribution is -2.44. The number of carbonyl (C=O) groups excluding carboxylic acids is 2. The molecule has 0 saturated heterocycles. The fourth-order valence-corrected chi connectivity index (χ4v) is 3.14. The van der Waals surface area contributed by atoms with Gasteiger partial charge in [0, 0.05) is 0 Å². The summed E-state index contributed by atoms with van der Waals surface area (Å²) >= 11 is 0. The van der Waals surface area contributed by atoms with E-state index in [-0.39, 0.29) is 11.9 Å². The van der Waals surface area contributed by atoms with E-state index >= 15 is 0 Å². The largest absolute Gasteiger partial charge is 0.465 e. The normalized spacial score (nSPS) is 12.8. The summed E-state index contributed by atoms with van der Waals surface area (Å²) in [4.78, 5) is 25.2. The Balaban J connectivity index is 5.45. The molecular weight excluding hydrogens is 280 g/mol. The molecule has 0 bridgehead atoms. The molecule has 0 aliphatic rings. The second kappa shape index (κ2) is 11.5. The molecule has 0 aromatic heterocycles. The zero-order valence-corrected chi connectivity index (χ0v) is 15.1. The van der Waals surface area contributed by atoms with Gasteiger partial charge in [0.2, 0.25) is 0 Å². The maximum Gasteiger partial charge on any atom is 0.312 e. The van der Waals surface area contributed by atoms with Crippen molar-refractivity contribution in [3.63, 3.8) is 0 Å². The van der Waals surface area contributed by atoms with Crippen LogP contribution in [0.25, 0.3) is 0 Å². The lowest BCUT2D eigenvalue weighted by Gasteiger charge is -2.36. The van der Waals surface area contributed by atoms with Crippen LogP contribution in [0.1, 0.15) is 79.6 Å². The SMILES string of the molecule is CCCOC(=O)C(CC)C(CCC)(CCC)C(=O)OCCC. The van der Waals surface area contributed by atoms with Crippen LogP contribution in [0.3, 0.4) is 0 Å². The predicted octanol–water partition coefficient (Wildman–Crippen LogP) is 4.51. The Labute approximate surface area is 135 Å². The van der Waals surface area contributed by atoms with Gasteiger partial charge in [-0.15, -0.1) is 0 Å². The second-order valence-electron chi connectivity index (χ2n) is 5.92. The Morgan fingerprint density at radius 1 is 0.818 bits per heavy atom. The van der Waals surface area contributed by atoms with Gasteiger partial charge in [-0.2, -0.15) is 0 Å². The van der Waals surface area contributed by atoms with E-state index in [9.17, 15) is 9.59 Å². The minimum Gasteiger partial charge on any atom is -0.465 e. The average molecular weight is 314 g/mol. The van der Waals surface area contributed by atoms with Crippen LogP contribution in [0.4, 0.5) is 0 Å². The van der Waals surface area contributed by atoms with E-state index < -0.39 is 11.3 Å². The predicted molar refractivity (Wildman–Crippen MR) is 88.5 cm³/mol. The summed E-state index contributed by atoms with van der Waals surface area (Å²) < 4.78 is 10.8. The summed E-state index contributed by atoms with van der Waals surface area (Å²) in [7, 11) is 0. The fourth-order valence-electron chi connectivity index (χ4n) is 3.14. The van der Waals surface area contributed by atoms with Crippen molar-refractivity contribution in [3.05, 3.63) is 0 Å². The molecule has 0 heterocycles. The van der Waals surface area contributed by atoms with Gasteiger partial charge in [-0.05, 0) is 32.1 Å². The van der Waals surface area contributed by atoms with Crippen LogP contribution >= 0.6 is 0 Å². The number of rotatable bonds is 12. The van der Waals surface area contributed by atoms with Crippen LogP contribution in [0, 0.1) is 11.3 Å². The molecule has 0 aromatic rings. The zero-order valence-electron chi connectivity index (χ0n) is 15.1. The average Bonchev–Trinajstić information content (AvgIpc) is 2.51. The molecule has 130 valence electrons. The van der Waals surface area contributed by atoms with E-state index in [4.69, 9.17) is 9.47 Å². The molecule has 0 aromatic carbocycles. The highest BCUT2D eigenvalue weighted by Gasteiger charge is 2.48. The van der Waals surface area contributed by atoms with E-state index in [0.717, 1.165) is 25.7 Å². The number of hydrogen-bond acceptors (Lipinski definition) is 4. The Bertz CT molecular complexity index is 319. The first-order chi connectivity index (χ1) is 10.5. The molecule has 0 aliphatic carbocycles. The van der Waals surface area contributed by atoms with Crippen molar-refractivity contribution >= 4 is 11.9 Å². The molecule has 22 heavy (non-hydrogen) atoms. The van der Waals surface area contributed by atoms with Gasteiger partial charge in [0.25, 0.3) is 0 Å². The van der Waals surface area contributed by atoms with Gasteiger partial charge in [0.1, 0.15) is 0 Å². The van der Waals surface area contributed by atoms with Gasteiger partial charge in [-0.1, -0.05) is 47.5 Å². The first-order valence-electron chi connectivity index (χ1n) is 8.87. The first-order valence-corrected chi connectivity index (χ1v) is 8.87. The van der Waals surface area contributed by atoms with Crippen molar-refractivity contribution in [3.8, 4) is 0 Å². The van der Waals surface area contributed by atoms with Crippen molar-refractivity contribution in [1.29, 1.82) is 0 Å². The Kier molecular flexibility index (Phi) is 10.9. The van der Waals surface area contributed by atoms with Crippen molar-refractivity contribution in [2.45, 2.75) is 79.6 Å². The lowest BCUT2D eigenvalue weighted by molar-refractivity contribution is -0.172. The molecule has 1 atom stereocenters. The molecule has 1 unspecified atom stereocenters. The molecule has 0 amide bonds. The quantitative estimate of drug-likeness (QED) is 0.497. The molecule has 0 saturated carbocycles. The van der Waals surface area contributed by atoms with E-state index in [1.807, 2.05) is 34.6 Å². The molecule has 0 aliphatic heterocycles. The molecule has 0 radical (unpaired) electrons. The van der Waals surface area contributed by atoms with Crippen LogP contribution in [0.2, 0.25) is 0 Å². The smallest absolute Gasteiger partial charge is 0.312 e. The summed E-state index contributed by atoms with van der Waals surface area (Å²) in [6, 6.07) is 0. The van der Waals surface area contributed by atoms with E-state index in [0.29, 0.717) is 32.5 Å². The summed E-state index contributed by atoms with van der Waals surface area (Å²) in [6.07, 6.45) is 5.21. The van der Waals surface area contributed by atoms with Crippen LogP contribution in [0.15, 0.2) is 0 Å². The highest BCUT2D eigenvalue weighted by molar-refractivity contribution is 5.85. The van der Waals surface area contributed by atoms with Gasteiger partial charge >= 0.3 is 11.9 Å². The van der Waals surface area contributed by atoms with Gasteiger partial charge < -0.3 is 9.47 Å². The van der Waals surface area contributed by atoms with E-state index in [1.165, 1.54) is 0 Å². The summed E-state index contributed by atoms with van der Waals surface area (Å²) in [5, 5.41) is 0. The highest BCUT2D eigenvalue weighted by Crippen LogP contribution is 2.42. The minimum atomic E-state index is -0.738. The topological polar surface area (TPSA) is 52.6 Å². The Hall–Kier alpha value is -1.06. The van der Waals surface area contributed by atoms with Gasteiger partial charge in [0.15, 0.2) is 0 Å². The van der Waals surface area contributed by atoms with Crippen LogP contribution in [-0.2, 0) is 19.1 Å². The third-order valence-corrected chi connectivity index (χ3v) is 4.04. The molecule has 0 N–H and O–H groups in total. The zero-order chi connectivity index (χ0) is 17.0. The van der Waals surface area contributed by atoms with Crippen LogP contribution in [-0.4, -0.2) is 25.2 Å². The third-order valence-electron chi connectivity index (χ3n) is 4.04. The minimum absolute atomic E-state index is 0.224. The molecular formula is C18H34O4. The standard InChI is InChI=1S/C18H34O4/c1-6-11-18(12-7-2,17(20)22-14-9-4)15(10-5)16(19)21-13-8-3/h15H,6-14H2,1-5H3. The van der Waals surface area contributed by atoms with Crippen molar-refractivity contribution in [2.24, 2.45) is 11.3 Å². The van der Waals surface area contributed by atoms with Gasteiger partial charge in [0.05, 0.1) is 24.5 Å². The maximum atomic E-state index is 12.8. The summed E-state index contributed by atoms with van der Waals surface area (Å²) in [5.41, 5.74) is -0.738. The van der Waals surface area contributed by atoms with Crippen molar-refractivity contribution < 1.29 is 19.1 Å². The molecule has 0 spiro atoms. The lowest BCUT2D eigenvalue weighted by atomic mass is 9.68. The second-order valence-corrected chi connectivity index (χ2v) is 5.92. The monoisotopic (exact) mass is 314 g/mol. The number of carbonyl (C=O) groups is 2. The summed E-state index contributed by atoms with van der Waals surface area (Å²) in [5.74, 6) is -0.888. The van der Waals surface area contributed by atoms with Gasteiger partial charge in [-0.25, -0.2) is 0 Å². The third kappa shape index (κ3) is 5.62. The Morgan fingerprint density at radius 3 is 1.73 bits per heavy atom. The highest BCUT2D eigenvalue weighted by atomic mass is 16.5. The Morgan fingerprint density at radius 2 is 1.32 bits per heavy atom. The van der Waals surface area contributed by atoms with Crippen molar-refractivity contribution in [2.75, 3.05) is 13.2 Å². The van der Waals surface area contributed by atoms with Crippen LogP contribution in [0.5, 0.6) is 0 Å².